The van der Waals surface area contributed by atoms with Crippen molar-refractivity contribution in [1.29, 1.82) is 0 Å². The second-order valence-corrected chi connectivity index (χ2v) is 7.25. The molecule has 0 bridgehead atoms. The zero-order chi connectivity index (χ0) is 24.9. The predicted octanol–water partition coefficient (Wildman–Crippen LogP) is 5.70. The number of nitrogens with one attached hydrogen (secondary N) is 1. The van der Waals surface area contributed by atoms with Crippen molar-refractivity contribution in [1.82, 2.24) is 15.1 Å². The Bertz CT molecular complexity index is 1250. The number of carbonyl (C=O) groups is 1. The van der Waals surface area contributed by atoms with Crippen LogP contribution in [0.1, 0.15) is 29.8 Å². The molecule has 1 aromatic heterocycles. The van der Waals surface area contributed by atoms with E-state index in [1.807, 2.05) is 0 Å². The number of hydrogen-bond donors (Lipinski definition) is 1. The standard InChI is InChI=1S/C24H22F4N4O2/c1-4-30-12-15(2)32-23(17-8-18(25)10-19(9-17)34-24(26,27)28)11-22(31-32)20-7-5-6-16(14-33)21(20)13-29-3/h4-12,14,29H,13H2,1-3H3/b15-12+,30-4?. The SMILES string of the molecule is CC=N/C=C(\C)n1nc(-c2cccc(C=O)c2CNC)cc1-c1cc(F)cc(OC(F)(F)F)c1. The smallest absolute Gasteiger partial charge is 0.406 e. The zero-order valence-corrected chi connectivity index (χ0v) is 18.7. The van der Waals surface area contributed by atoms with Gasteiger partial charge in [0, 0.05) is 41.7 Å². The van der Waals surface area contributed by atoms with Crippen LogP contribution in [-0.2, 0) is 6.54 Å². The van der Waals surface area contributed by atoms with Crippen molar-refractivity contribution in [2.24, 2.45) is 4.99 Å². The molecule has 0 saturated carbocycles. The summed E-state index contributed by atoms with van der Waals surface area (Å²) in [5, 5.41) is 7.62. The van der Waals surface area contributed by atoms with Gasteiger partial charge in [-0.25, -0.2) is 9.07 Å². The van der Waals surface area contributed by atoms with Gasteiger partial charge in [-0.3, -0.25) is 9.79 Å². The van der Waals surface area contributed by atoms with Gasteiger partial charge >= 0.3 is 6.36 Å². The monoisotopic (exact) mass is 474 g/mol. The summed E-state index contributed by atoms with van der Waals surface area (Å²) in [6, 6.07) is 9.61. The Hall–Kier alpha value is -3.79. The molecule has 0 aliphatic carbocycles. The van der Waals surface area contributed by atoms with E-state index in [1.54, 1.807) is 51.4 Å². The Morgan fingerprint density at radius 1 is 1.24 bits per heavy atom. The molecule has 0 atom stereocenters. The number of carbonyl (C=O) groups excluding carboxylic acids is 1. The van der Waals surface area contributed by atoms with Gasteiger partial charge in [0.25, 0.3) is 0 Å². The molecule has 1 N–H and O–H groups in total. The minimum absolute atomic E-state index is 0.118. The van der Waals surface area contributed by atoms with Crippen molar-refractivity contribution in [2.75, 3.05) is 7.05 Å². The first-order valence-corrected chi connectivity index (χ1v) is 10.2. The number of halogens is 4. The number of ether oxygens (including phenoxy) is 1. The van der Waals surface area contributed by atoms with Crippen molar-refractivity contribution in [3.8, 4) is 28.3 Å². The van der Waals surface area contributed by atoms with Crippen LogP contribution in [0.2, 0.25) is 0 Å². The molecule has 3 aromatic rings. The molecule has 34 heavy (non-hydrogen) atoms. The number of benzene rings is 2. The summed E-state index contributed by atoms with van der Waals surface area (Å²) in [5.41, 5.74) is 3.22. The Morgan fingerprint density at radius 2 is 2.00 bits per heavy atom. The van der Waals surface area contributed by atoms with Gasteiger partial charge in [0.1, 0.15) is 17.9 Å². The topological polar surface area (TPSA) is 68.5 Å². The lowest BCUT2D eigenvalue weighted by Gasteiger charge is -2.12. The molecule has 0 radical (unpaired) electrons. The third-order valence-corrected chi connectivity index (χ3v) is 4.82. The van der Waals surface area contributed by atoms with E-state index in [2.05, 4.69) is 20.1 Å². The summed E-state index contributed by atoms with van der Waals surface area (Å²) >= 11 is 0. The number of aldehydes is 1. The number of rotatable bonds is 8. The molecule has 0 aliphatic heterocycles. The van der Waals surface area contributed by atoms with Gasteiger partial charge in [0.2, 0.25) is 0 Å². The molecule has 3 rings (SSSR count). The second kappa shape index (κ2) is 10.4. The first-order chi connectivity index (χ1) is 16.2. The van der Waals surface area contributed by atoms with Crippen LogP contribution < -0.4 is 10.1 Å². The number of hydrogen-bond acceptors (Lipinski definition) is 5. The van der Waals surface area contributed by atoms with Crippen molar-refractivity contribution in [2.45, 2.75) is 26.8 Å². The third-order valence-electron chi connectivity index (χ3n) is 4.82. The highest BCUT2D eigenvalue weighted by Crippen LogP contribution is 2.34. The summed E-state index contributed by atoms with van der Waals surface area (Å²) in [6.07, 6.45) is -1.16. The van der Waals surface area contributed by atoms with Crippen LogP contribution in [0.3, 0.4) is 0 Å². The van der Waals surface area contributed by atoms with Gasteiger partial charge in [-0.05, 0) is 44.7 Å². The van der Waals surface area contributed by atoms with Crippen molar-refractivity contribution < 1.29 is 27.1 Å². The van der Waals surface area contributed by atoms with Crippen LogP contribution in [0.5, 0.6) is 5.75 Å². The Labute approximate surface area is 193 Å². The summed E-state index contributed by atoms with van der Waals surface area (Å²) in [5.74, 6) is -1.60. The molecule has 0 saturated heterocycles. The number of nitrogens with zero attached hydrogens (tertiary/aromatic N) is 3. The maximum absolute atomic E-state index is 14.3. The minimum atomic E-state index is -4.97. The molecule has 0 fully saturated rings. The number of aromatic nitrogens is 2. The normalized spacial score (nSPS) is 12.4. The maximum atomic E-state index is 14.3. The Kier molecular flexibility index (Phi) is 7.62. The van der Waals surface area contributed by atoms with Crippen LogP contribution in [0.25, 0.3) is 28.2 Å². The van der Waals surface area contributed by atoms with E-state index in [9.17, 15) is 22.4 Å². The van der Waals surface area contributed by atoms with E-state index in [0.29, 0.717) is 46.4 Å². The van der Waals surface area contributed by atoms with E-state index >= 15 is 0 Å². The van der Waals surface area contributed by atoms with Gasteiger partial charge in [0.05, 0.1) is 17.1 Å². The molecular weight excluding hydrogens is 452 g/mol. The fourth-order valence-corrected chi connectivity index (χ4v) is 3.46. The second-order valence-electron chi connectivity index (χ2n) is 7.25. The van der Waals surface area contributed by atoms with Crippen LogP contribution in [0.4, 0.5) is 17.6 Å². The fourth-order valence-electron chi connectivity index (χ4n) is 3.46. The highest BCUT2D eigenvalue weighted by molar-refractivity contribution is 5.83. The van der Waals surface area contributed by atoms with E-state index in [0.717, 1.165) is 18.4 Å². The fraction of sp³-hybridized carbons (Fsp3) is 0.208. The van der Waals surface area contributed by atoms with Crippen LogP contribution in [-0.4, -0.2) is 35.7 Å². The number of alkyl halides is 3. The first kappa shape index (κ1) is 24.8. The maximum Gasteiger partial charge on any atom is 0.573 e. The number of allylic oxidation sites excluding steroid dienone is 1. The average Bonchev–Trinajstić information content (AvgIpc) is 3.21. The van der Waals surface area contributed by atoms with Crippen molar-refractivity contribution in [3.63, 3.8) is 0 Å². The molecule has 2 aromatic carbocycles. The van der Waals surface area contributed by atoms with Crippen LogP contribution in [0.15, 0.2) is 53.7 Å². The van der Waals surface area contributed by atoms with E-state index in [-0.39, 0.29) is 5.56 Å². The summed E-state index contributed by atoms with van der Waals surface area (Å²) in [7, 11) is 1.74. The van der Waals surface area contributed by atoms with Crippen molar-refractivity contribution >= 4 is 18.2 Å². The lowest BCUT2D eigenvalue weighted by atomic mass is 9.98. The minimum Gasteiger partial charge on any atom is -0.406 e. The largest absolute Gasteiger partial charge is 0.573 e. The van der Waals surface area contributed by atoms with Gasteiger partial charge < -0.3 is 10.1 Å². The van der Waals surface area contributed by atoms with Gasteiger partial charge in [0.15, 0.2) is 0 Å². The molecule has 1 heterocycles. The lowest BCUT2D eigenvalue weighted by molar-refractivity contribution is -0.274. The molecule has 0 spiro atoms. The molecule has 10 heteroatoms. The molecule has 0 unspecified atom stereocenters. The third kappa shape index (κ3) is 5.76. The first-order valence-electron chi connectivity index (χ1n) is 10.2. The molecule has 0 amide bonds. The van der Waals surface area contributed by atoms with Gasteiger partial charge in [-0.1, -0.05) is 18.2 Å². The number of aliphatic imine (C=N–C) groups is 1. The van der Waals surface area contributed by atoms with Crippen LogP contribution >= 0.6 is 0 Å². The summed E-state index contributed by atoms with van der Waals surface area (Å²) < 4.78 is 57.9. The molecule has 0 aliphatic rings. The van der Waals surface area contributed by atoms with E-state index in [4.69, 9.17) is 0 Å². The van der Waals surface area contributed by atoms with Gasteiger partial charge in [-0.15, -0.1) is 13.2 Å². The summed E-state index contributed by atoms with van der Waals surface area (Å²) in [6.45, 7) is 3.81. The highest BCUT2D eigenvalue weighted by atomic mass is 19.4. The van der Waals surface area contributed by atoms with Crippen LogP contribution in [0, 0.1) is 5.82 Å². The molecule has 178 valence electrons. The average molecular weight is 474 g/mol. The van der Waals surface area contributed by atoms with E-state index in [1.165, 1.54) is 10.9 Å². The highest BCUT2D eigenvalue weighted by Gasteiger charge is 2.31. The summed E-state index contributed by atoms with van der Waals surface area (Å²) in [4.78, 5) is 15.6. The lowest BCUT2D eigenvalue weighted by Crippen LogP contribution is -2.17. The zero-order valence-electron chi connectivity index (χ0n) is 18.7. The molecule has 6 nitrogen and oxygen atoms in total. The van der Waals surface area contributed by atoms with Gasteiger partial charge in [-0.2, -0.15) is 5.10 Å². The predicted molar refractivity (Wildman–Crippen MR) is 122 cm³/mol. The molecular formula is C24H22F4N4O2. The van der Waals surface area contributed by atoms with E-state index < -0.39 is 17.9 Å². The quantitative estimate of drug-likeness (QED) is 0.259. The Morgan fingerprint density at radius 3 is 2.65 bits per heavy atom. The van der Waals surface area contributed by atoms with Crippen molar-refractivity contribution in [3.05, 3.63) is 65.6 Å². The Balaban J connectivity index is 2.25.